The van der Waals surface area contributed by atoms with Crippen molar-refractivity contribution in [2.75, 3.05) is 13.1 Å². The molecule has 4 nitrogen and oxygen atoms in total. The molecule has 0 aliphatic carbocycles. The normalized spacial score (nSPS) is 21.7. The molecule has 1 fully saturated rings. The molecule has 2 aliphatic rings. The molecule has 0 amide bonds. The lowest BCUT2D eigenvalue weighted by molar-refractivity contribution is 0.436. The van der Waals surface area contributed by atoms with Crippen molar-refractivity contribution in [3.05, 3.63) is 41.2 Å². The topological polar surface area (TPSA) is 49.7 Å². The van der Waals surface area contributed by atoms with Gasteiger partial charge in [0.2, 0.25) is 0 Å². The Hall–Kier alpha value is -1.69. The lowest BCUT2D eigenvalue weighted by Gasteiger charge is -2.22. The number of hydrogen-bond acceptors (Lipinski definition) is 3. The van der Waals surface area contributed by atoms with Crippen LogP contribution in [0.15, 0.2) is 34.2 Å². The monoisotopic (exact) mass is 322 g/mol. The molecule has 22 heavy (non-hydrogen) atoms. The van der Waals surface area contributed by atoms with Gasteiger partial charge in [0.25, 0.3) is 10.0 Å². The van der Waals surface area contributed by atoms with Gasteiger partial charge in [-0.15, -0.1) is 4.40 Å². The zero-order valence-electron chi connectivity index (χ0n) is 12.5. The molecule has 0 saturated carbocycles. The van der Waals surface area contributed by atoms with Crippen molar-refractivity contribution >= 4 is 20.8 Å². The van der Waals surface area contributed by atoms with Crippen molar-refractivity contribution in [3.8, 4) is 0 Å². The number of sulfonamides is 1. The molecule has 0 unspecified atom stereocenters. The second-order valence-electron chi connectivity index (χ2n) is 5.75. The number of amidine groups is 1. The summed E-state index contributed by atoms with van der Waals surface area (Å²) < 4.78 is 41.9. The molecule has 0 atom stereocenters. The second kappa shape index (κ2) is 5.83. The number of hydrogen-bond donors (Lipinski definition) is 0. The van der Waals surface area contributed by atoms with Gasteiger partial charge in [0.05, 0.1) is 0 Å². The van der Waals surface area contributed by atoms with Gasteiger partial charge in [-0.25, -0.2) is 4.39 Å². The van der Waals surface area contributed by atoms with Crippen molar-refractivity contribution in [1.29, 1.82) is 0 Å². The van der Waals surface area contributed by atoms with E-state index in [2.05, 4.69) is 9.30 Å². The number of benzene rings is 1. The molecule has 0 bridgehead atoms. The molecule has 0 aromatic heterocycles. The Morgan fingerprint density at radius 1 is 1.05 bits per heavy atom. The third-order valence-corrected chi connectivity index (χ3v) is 5.62. The van der Waals surface area contributed by atoms with Gasteiger partial charge in [-0.2, -0.15) is 8.42 Å². The van der Waals surface area contributed by atoms with Crippen LogP contribution in [-0.2, 0) is 10.0 Å². The Balaban J connectivity index is 2.01. The molecular weight excluding hydrogens is 303 g/mol. The fourth-order valence-electron chi connectivity index (χ4n) is 3.07. The van der Waals surface area contributed by atoms with Crippen LogP contribution in [0.2, 0.25) is 0 Å². The summed E-state index contributed by atoms with van der Waals surface area (Å²) in [6.45, 7) is 3.46. The molecule has 3 rings (SSSR count). The minimum absolute atomic E-state index is 0.201. The quantitative estimate of drug-likeness (QED) is 0.798. The van der Waals surface area contributed by atoms with Gasteiger partial charge in [0.15, 0.2) is 0 Å². The molecule has 2 aliphatic heterocycles. The number of rotatable bonds is 1. The highest BCUT2D eigenvalue weighted by molar-refractivity contribution is 8.00. The summed E-state index contributed by atoms with van der Waals surface area (Å²) >= 11 is 0. The Labute approximate surface area is 130 Å². The van der Waals surface area contributed by atoms with Crippen LogP contribution in [0.1, 0.15) is 38.2 Å². The van der Waals surface area contributed by atoms with Crippen LogP contribution >= 0.6 is 0 Å². The van der Waals surface area contributed by atoms with Gasteiger partial charge >= 0.3 is 0 Å². The maximum absolute atomic E-state index is 13.1. The van der Waals surface area contributed by atoms with E-state index in [-0.39, 0.29) is 10.7 Å². The van der Waals surface area contributed by atoms with E-state index in [1.807, 2.05) is 0 Å². The third kappa shape index (κ3) is 2.79. The largest absolute Gasteiger partial charge is 0.356 e. The predicted molar refractivity (Wildman–Crippen MR) is 85.4 cm³/mol. The van der Waals surface area contributed by atoms with E-state index in [1.165, 1.54) is 37.1 Å². The maximum atomic E-state index is 13.1. The average molecular weight is 322 g/mol. The molecule has 1 aromatic rings. The van der Waals surface area contributed by atoms with Crippen LogP contribution in [0.5, 0.6) is 0 Å². The van der Waals surface area contributed by atoms with Gasteiger partial charge < -0.3 is 4.90 Å². The Morgan fingerprint density at radius 2 is 1.64 bits per heavy atom. The second-order valence-corrected chi connectivity index (χ2v) is 7.29. The van der Waals surface area contributed by atoms with Gasteiger partial charge in [0.1, 0.15) is 16.6 Å². The van der Waals surface area contributed by atoms with Crippen molar-refractivity contribution in [1.82, 2.24) is 4.90 Å². The average Bonchev–Trinajstić information content (AvgIpc) is 2.67. The Morgan fingerprint density at radius 3 is 2.23 bits per heavy atom. The van der Waals surface area contributed by atoms with Gasteiger partial charge in [-0.1, -0.05) is 25.0 Å². The van der Waals surface area contributed by atoms with Crippen LogP contribution in [0.4, 0.5) is 4.39 Å². The highest BCUT2D eigenvalue weighted by atomic mass is 32.2. The summed E-state index contributed by atoms with van der Waals surface area (Å²) in [4.78, 5) is 2.27. The summed E-state index contributed by atoms with van der Waals surface area (Å²) in [6, 6.07) is 5.53. The Kier molecular flexibility index (Phi) is 4.04. The molecule has 1 saturated heterocycles. The minimum atomic E-state index is -3.71. The summed E-state index contributed by atoms with van der Waals surface area (Å²) in [7, 11) is -3.71. The zero-order chi connectivity index (χ0) is 15.7. The van der Waals surface area contributed by atoms with E-state index in [0.717, 1.165) is 25.9 Å². The summed E-state index contributed by atoms with van der Waals surface area (Å²) in [5.74, 6) is 0.173. The number of likely N-dealkylation sites (tertiary alicyclic amines) is 1. The standard InChI is InChI=1S/C16H19FN2O2S/c1-12-15(13-6-8-14(17)9-7-13)22(20,21)18-16(12)19-10-4-2-3-5-11-19/h6-9H,2-5,10-11H2,1H3. The SMILES string of the molecule is CC1=C(c2ccc(F)cc2)S(=O)(=O)N=C1N1CCCCCC1. The highest BCUT2D eigenvalue weighted by Gasteiger charge is 2.33. The first-order chi connectivity index (χ1) is 10.5. The molecule has 118 valence electrons. The predicted octanol–water partition coefficient (Wildman–Crippen LogP) is 3.17. The van der Waals surface area contributed by atoms with Gasteiger partial charge in [-0.3, -0.25) is 0 Å². The van der Waals surface area contributed by atoms with Gasteiger partial charge in [0, 0.05) is 18.7 Å². The lowest BCUT2D eigenvalue weighted by atomic mass is 10.1. The van der Waals surface area contributed by atoms with E-state index in [4.69, 9.17) is 0 Å². The maximum Gasteiger partial charge on any atom is 0.285 e. The summed E-state index contributed by atoms with van der Waals surface area (Å²) in [6.07, 6.45) is 4.45. The molecule has 0 spiro atoms. The fourth-order valence-corrected chi connectivity index (χ4v) is 4.55. The van der Waals surface area contributed by atoms with Crippen molar-refractivity contribution in [2.45, 2.75) is 32.6 Å². The van der Waals surface area contributed by atoms with E-state index >= 15 is 0 Å². The fraction of sp³-hybridized carbons (Fsp3) is 0.438. The number of nitrogens with zero attached hydrogens (tertiary/aromatic N) is 2. The Bertz CT molecular complexity index is 728. The van der Waals surface area contributed by atoms with Crippen LogP contribution in [0.25, 0.3) is 4.91 Å². The lowest BCUT2D eigenvalue weighted by Crippen LogP contribution is -2.31. The van der Waals surface area contributed by atoms with Crippen molar-refractivity contribution in [2.24, 2.45) is 4.40 Å². The summed E-state index contributed by atoms with van der Waals surface area (Å²) in [5, 5.41) is 0. The molecule has 0 N–H and O–H groups in total. The zero-order valence-corrected chi connectivity index (χ0v) is 13.4. The highest BCUT2D eigenvalue weighted by Crippen LogP contribution is 2.34. The van der Waals surface area contributed by atoms with Crippen molar-refractivity contribution in [3.63, 3.8) is 0 Å². The first-order valence-electron chi connectivity index (χ1n) is 7.56. The molecule has 2 heterocycles. The van der Waals surface area contributed by atoms with E-state index in [1.54, 1.807) is 6.92 Å². The van der Waals surface area contributed by atoms with E-state index < -0.39 is 10.0 Å². The molecule has 6 heteroatoms. The summed E-state index contributed by atoms with van der Waals surface area (Å²) in [5.41, 5.74) is 1.15. The molecule has 1 aromatic carbocycles. The smallest absolute Gasteiger partial charge is 0.285 e. The molecule has 0 radical (unpaired) electrons. The van der Waals surface area contributed by atoms with Crippen molar-refractivity contribution < 1.29 is 12.8 Å². The van der Waals surface area contributed by atoms with E-state index in [0.29, 0.717) is 17.0 Å². The van der Waals surface area contributed by atoms with Crippen LogP contribution in [0.3, 0.4) is 0 Å². The minimum Gasteiger partial charge on any atom is -0.356 e. The van der Waals surface area contributed by atoms with E-state index in [9.17, 15) is 12.8 Å². The number of halogens is 1. The third-order valence-electron chi connectivity index (χ3n) is 4.15. The first-order valence-corrected chi connectivity index (χ1v) is 9.00. The molecular formula is C16H19FN2O2S. The van der Waals surface area contributed by atoms with Crippen LogP contribution < -0.4 is 0 Å². The first kappa shape index (κ1) is 15.2. The van der Waals surface area contributed by atoms with Crippen LogP contribution in [0, 0.1) is 5.82 Å². The van der Waals surface area contributed by atoms with Crippen LogP contribution in [-0.4, -0.2) is 32.2 Å². The van der Waals surface area contributed by atoms with Gasteiger partial charge in [-0.05, 0) is 37.5 Å².